The van der Waals surface area contributed by atoms with Gasteiger partial charge in [0.25, 0.3) is 0 Å². The molecule has 2 aliphatic rings. The number of fused-ring (bicyclic) bond motifs is 1. The summed E-state index contributed by atoms with van der Waals surface area (Å²) in [6.45, 7) is 1.63. The number of amides is 1. The third kappa shape index (κ3) is 1.98. The zero-order valence-electron chi connectivity index (χ0n) is 10.8. The van der Waals surface area contributed by atoms with Crippen LogP contribution < -0.4 is 4.74 Å². The third-order valence-corrected chi connectivity index (χ3v) is 4.19. The molecule has 18 heavy (non-hydrogen) atoms. The van der Waals surface area contributed by atoms with Crippen molar-refractivity contribution in [2.24, 2.45) is 5.92 Å². The van der Waals surface area contributed by atoms with Crippen molar-refractivity contribution in [3.63, 3.8) is 0 Å². The first kappa shape index (κ1) is 11.6. The molecular formula is C15H19NO2. The smallest absolute Gasteiger partial charge is 0.225 e. The number of carbonyl (C=O) groups excluding carboxylic acids is 1. The number of nitrogens with zero attached hydrogens (tertiary/aromatic N) is 1. The van der Waals surface area contributed by atoms with Crippen LogP contribution in [0.1, 0.15) is 30.4 Å². The monoisotopic (exact) mass is 245 g/mol. The van der Waals surface area contributed by atoms with Crippen LogP contribution in [0.15, 0.2) is 18.2 Å². The average molecular weight is 245 g/mol. The highest BCUT2D eigenvalue weighted by Crippen LogP contribution is 2.31. The standard InChI is InChI=1S/C15H19NO2/c1-18-14-6-5-13-10-16(8-7-12(13)9-14)15(17)11-3-2-4-11/h5-6,9,11H,2-4,7-8,10H2,1H3. The van der Waals surface area contributed by atoms with E-state index in [1.54, 1.807) is 7.11 Å². The number of hydrogen-bond donors (Lipinski definition) is 0. The molecule has 1 heterocycles. The van der Waals surface area contributed by atoms with Gasteiger partial charge in [-0.2, -0.15) is 0 Å². The van der Waals surface area contributed by atoms with Crippen LogP contribution in [0.25, 0.3) is 0 Å². The van der Waals surface area contributed by atoms with Gasteiger partial charge in [0.2, 0.25) is 5.91 Å². The molecule has 0 saturated heterocycles. The second-order valence-corrected chi connectivity index (χ2v) is 5.27. The van der Waals surface area contributed by atoms with Crippen LogP contribution >= 0.6 is 0 Å². The molecule has 1 aromatic rings. The topological polar surface area (TPSA) is 29.5 Å². The minimum absolute atomic E-state index is 0.310. The first-order valence-corrected chi connectivity index (χ1v) is 6.72. The summed E-state index contributed by atoms with van der Waals surface area (Å²) in [7, 11) is 1.69. The molecule has 0 bridgehead atoms. The van der Waals surface area contributed by atoms with Crippen molar-refractivity contribution in [1.29, 1.82) is 0 Å². The van der Waals surface area contributed by atoms with Crippen molar-refractivity contribution in [1.82, 2.24) is 4.90 Å². The number of ether oxygens (including phenoxy) is 1. The van der Waals surface area contributed by atoms with Gasteiger partial charge in [-0.25, -0.2) is 0 Å². The number of hydrogen-bond acceptors (Lipinski definition) is 2. The number of benzene rings is 1. The minimum atomic E-state index is 0.310. The third-order valence-electron chi connectivity index (χ3n) is 4.19. The molecule has 1 amide bonds. The molecule has 0 atom stereocenters. The lowest BCUT2D eigenvalue weighted by atomic mass is 9.84. The van der Waals surface area contributed by atoms with Crippen molar-refractivity contribution < 1.29 is 9.53 Å². The van der Waals surface area contributed by atoms with Gasteiger partial charge in [0.05, 0.1) is 7.11 Å². The molecule has 0 N–H and O–H groups in total. The van der Waals surface area contributed by atoms with Crippen LogP contribution in [0, 0.1) is 5.92 Å². The van der Waals surface area contributed by atoms with Crippen LogP contribution in [0.2, 0.25) is 0 Å². The Bertz CT molecular complexity index is 466. The van der Waals surface area contributed by atoms with Gasteiger partial charge in [-0.1, -0.05) is 12.5 Å². The van der Waals surface area contributed by atoms with Gasteiger partial charge in [0.1, 0.15) is 5.75 Å². The molecule has 1 aliphatic heterocycles. The fourth-order valence-electron chi connectivity index (χ4n) is 2.76. The summed E-state index contributed by atoms with van der Waals surface area (Å²) >= 11 is 0. The van der Waals surface area contributed by atoms with Crippen LogP contribution in [-0.2, 0) is 17.8 Å². The Balaban J connectivity index is 1.74. The van der Waals surface area contributed by atoms with E-state index in [1.165, 1.54) is 17.5 Å². The maximum atomic E-state index is 12.2. The van der Waals surface area contributed by atoms with E-state index >= 15 is 0 Å². The van der Waals surface area contributed by atoms with E-state index in [9.17, 15) is 4.79 Å². The predicted molar refractivity (Wildman–Crippen MR) is 69.5 cm³/mol. The second-order valence-electron chi connectivity index (χ2n) is 5.27. The maximum Gasteiger partial charge on any atom is 0.225 e. The number of rotatable bonds is 2. The lowest BCUT2D eigenvalue weighted by Gasteiger charge is -2.34. The Hall–Kier alpha value is -1.51. The van der Waals surface area contributed by atoms with Crippen molar-refractivity contribution >= 4 is 5.91 Å². The molecule has 1 aliphatic carbocycles. The van der Waals surface area contributed by atoms with Crippen molar-refractivity contribution in [3.05, 3.63) is 29.3 Å². The summed E-state index contributed by atoms with van der Waals surface area (Å²) in [5, 5.41) is 0. The molecule has 0 aromatic heterocycles. The summed E-state index contributed by atoms with van der Waals surface area (Å²) in [6, 6.07) is 6.17. The first-order chi connectivity index (χ1) is 8.78. The molecule has 3 nitrogen and oxygen atoms in total. The number of methoxy groups -OCH3 is 1. The minimum Gasteiger partial charge on any atom is -0.497 e. The van der Waals surface area contributed by atoms with Crippen molar-refractivity contribution in [2.45, 2.75) is 32.2 Å². The molecule has 1 saturated carbocycles. The Labute approximate surface area is 108 Å². The van der Waals surface area contributed by atoms with Crippen molar-refractivity contribution in [3.8, 4) is 5.75 Å². The van der Waals surface area contributed by atoms with E-state index in [2.05, 4.69) is 12.1 Å². The van der Waals surface area contributed by atoms with Gasteiger partial charge < -0.3 is 9.64 Å². The molecule has 3 heteroatoms. The molecule has 96 valence electrons. The van der Waals surface area contributed by atoms with E-state index in [-0.39, 0.29) is 0 Å². The second kappa shape index (κ2) is 4.63. The Morgan fingerprint density at radius 3 is 2.83 bits per heavy atom. The van der Waals surface area contributed by atoms with Gasteiger partial charge in [0, 0.05) is 19.0 Å². The quantitative estimate of drug-likeness (QED) is 0.800. The van der Waals surface area contributed by atoms with Gasteiger partial charge in [-0.3, -0.25) is 4.79 Å². The summed E-state index contributed by atoms with van der Waals surface area (Å²) in [5.41, 5.74) is 2.60. The van der Waals surface area contributed by atoms with E-state index in [0.29, 0.717) is 11.8 Å². The molecule has 1 aromatic carbocycles. The zero-order valence-corrected chi connectivity index (χ0v) is 10.8. The highest BCUT2D eigenvalue weighted by atomic mass is 16.5. The van der Waals surface area contributed by atoms with Crippen LogP contribution in [0.4, 0.5) is 0 Å². The number of carbonyl (C=O) groups is 1. The molecule has 3 rings (SSSR count). The molecular weight excluding hydrogens is 226 g/mol. The van der Waals surface area contributed by atoms with Gasteiger partial charge in [0.15, 0.2) is 0 Å². The predicted octanol–water partition coefficient (Wildman–Crippen LogP) is 2.38. The van der Waals surface area contributed by atoms with Gasteiger partial charge in [-0.15, -0.1) is 0 Å². The summed E-state index contributed by atoms with van der Waals surface area (Å²) < 4.78 is 5.24. The Kier molecular flexibility index (Phi) is 2.98. The largest absolute Gasteiger partial charge is 0.497 e. The fraction of sp³-hybridized carbons (Fsp3) is 0.533. The van der Waals surface area contributed by atoms with E-state index in [1.807, 2.05) is 11.0 Å². The van der Waals surface area contributed by atoms with Gasteiger partial charge >= 0.3 is 0 Å². The maximum absolute atomic E-state index is 12.2. The lowest BCUT2D eigenvalue weighted by Crippen LogP contribution is -2.41. The average Bonchev–Trinajstić information content (AvgIpc) is 2.35. The summed E-state index contributed by atoms with van der Waals surface area (Å²) in [5.74, 6) is 1.58. The normalized spacial score (nSPS) is 19.1. The van der Waals surface area contributed by atoms with E-state index in [0.717, 1.165) is 38.1 Å². The summed E-state index contributed by atoms with van der Waals surface area (Å²) in [4.78, 5) is 14.2. The molecule has 0 unspecified atom stereocenters. The Morgan fingerprint density at radius 2 is 2.17 bits per heavy atom. The molecule has 0 radical (unpaired) electrons. The Morgan fingerprint density at radius 1 is 1.33 bits per heavy atom. The van der Waals surface area contributed by atoms with E-state index < -0.39 is 0 Å². The van der Waals surface area contributed by atoms with Crippen LogP contribution in [-0.4, -0.2) is 24.5 Å². The van der Waals surface area contributed by atoms with Gasteiger partial charge in [-0.05, 0) is 42.5 Å². The fourth-order valence-corrected chi connectivity index (χ4v) is 2.76. The van der Waals surface area contributed by atoms with Crippen LogP contribution in [0.5, 0.6) is 5.75 Å². The molecule has 0 spiro atoms. The summed E-state index contributed by atoms with van der Waals surface area (Å²) in [6.07, 6.45) is 4.35. The van der Waals surface area contributed by atoms with Crippen molar-refractivity contribution in [2.75, 3.05) is 13.7 Å². The highest BCUT2D eigenvalue weighted by Gasteiger charge is 2.31. The first-order valence-electron chi connectivity index (χ1n) is 6.72. The van der Waals surface area contributed by atoms with Crippen LogP contribution in [0.3, 0.4) is 0 Å². The lowest BCUT2D eigenvalue weighted by molar-refractivity contribution is -0.139. The SMILES string of the molecule is COc1ccc2c(c1)CCN(C(=O)C1CCC1)C2. The highest BCUT2D eigenvalue weighted by molar-refractivity contribution is 5.79. The van der Waals surface area contributed by atoms with E-state index in [4.69, 9.17) is 4.74 Å². The zero-order chi connectivity index (χ0) is 12.5. The molecule has 1 fully saturated rings.